The van der Waals surface area contributed by atoms with Gasteiger partial charge in [-0.15, -0.1) is 0 Å². The van der Waals surface area contributed by atoms with Gasteiger partial charge in [0.05, 0.1) is 0 Å². The zero-order chi connectivity index (χ0) is 9.64. The summed E-state index contributed by atoms with van der Waals surface area (Å²) in [5, 5.41) is 0. The van der Waals surface area contributed by atoms with E-state index in [0.717, 1.165) is 0 Å². The summed E-state index contributed by atoms with van der Waals surface area (Å²) in [6, 6.07) is 4.59. The SMILES string of the molecule is Cc1ccc2c(c1C)CCC2(C)C. The molecule has 0 fully saturated rings. The van der Waals surface area contributed by atoms with Gasteiger partial charge in [0.2, 0.25) is 0 Å². The van der Waals surface area contributed by atoms with E-state index in [2.05, 4.69) is 39.8 Å². The molecule has 0 spiro atoms. The number of hydrogen-bond donors (Lipinski definition) is 0. The number of aryl methyl sites for hydroxylation is 1. The molecule has 2 rings (SSSR count). The number of benzene rings is 1. The van der Waals surface area contributed by atoms with E-state index in [9.17, 15) is 0 Å². The smallest absolute Gasteiger partial charge is 0.00976 e. The predicted molar refractivity (Wildman–Crippen MR) is 57.3 cm³/mol. The molecule has 0 nitrogen and oxygen atoms in total. The Labute approximate surface area is 81.0 Å². The van der Waals surface area contributed by atoms with Crippen LogP contribution in [-0.2, 0) is 11.8 Å². The molecule has 0 N–H and O–H groups in total. The zero-order valence-electron chi connectivity index (χ0n) is 9.07. The van der Waals surface area contributed by atoms with Gasteiger partial charge in [-0.3, -0.25) is 0 Å². The van der Waals surface area contributed by atoms with Crippen LogP contribution in [0.25, 0.3) is 0 Å². The van der Waals surface area contributed by atoms with Crippen LogP contribution in [0.3, 0.4) is 0 Å². The lowest BCUT2D eigenvalue weighted by atomic mass is 9.85. The lowest BCUT2D eigenvalue weighted by Crippen LogP contribution is -2.11. The molecule has 1 aliphatic carbocycles. The number of hydrogen-bond acceptors (Lipinski definition) is 0. The summed E-state index contributed by atoms with van der Waals surface area (Å²) in [6.07, 6.45) is 2.59. The van der Waals surface area contributed by atoms with Gasteiger partial charge < -0.3 is 0 Å². The van der Waals surface area contributed by atoms with E-state index >= 15 is 0 Å². The first-order valence-corrected chi connectivity index (χ1v) is 5.12. The molecule has 0 aliphatic heterocycles. The van der Waals surface area contributed by atoms with Crippen molar-refractivity contribution in [3.63, 3.8) is 0 Å². The molecule has 1 aliphatic rings. The first-order valence-electron chi connectivity index (χ1n) is 5.12. The van der Waals surface area contributed by atoms with E-state index in [1.807, 2.05) is 0 Å². The summed E-state index contributed by atoms with van der Waals surface area (Å²) in [5.41, 5.74) is 6.56. The summed E-state index contributed by atoms with van der Waals surface area (Å²) in [4.78, 5) is 0. The molecule has 1 aromatic carbocycles. The summed E-state index contributed by atoms with van der Waals surface area (Å²) in [5.74, 6) is 0. The molecule has 0 heteroatoms. The van der Waals surface area contributed by atoms with Crippen molar-refractivity contribution < 1.29 is 0 Å². The lowest BCUT2D eigenvalue weighted by Gasteiger charge is -2.19. The van der Waals surface area contributed by atoms with E-state index in [-0.39, 0.29) is 0 Å². The largest absolute Gasteiger partial charge is 0.0587 e. The molecule has 0 atom stereocenters. The third kappa shape index (κ3) is 1.20. The van der Waals surface area contributed by atoms with Gasteiger partial charge in [-0.1, -0.05) is 26.0 Å². The van der Waals surface area contributed by atoms with Crippen molar-refractivity contribution in [1.82, 2.24) is 0 Å². The summed E-state index contributed by atoms with van der Waals surface area (Å²) in [7, 11) is 0. The van der Waals surface area contributed by atoms with Crippen LogP contribution >= 0.6 is 0 Å². The first-order chi connectivity index (χ1) is 6.02. The zero-order valence-corrected chi connectivity index (χ0v) is 9.07. The van der Waals surface area contributed by atoms with Crippen molar-refractivity contribution in [3.8, 4) is 0 Å². The van der Waals surface area contributed by atoms with Crippen LogP contribution in [0, 0.1) is 13.8 Å². The molecule has 0 saturated carbocycles. The second kappa shape index (κ2) is 2.60. The number of fused-ring (bicyclic) bond motifs is 1. The lowest BCUT2D eigenvalue weighted by molar-refractivity contribution is 0.522. The minimum atomic E-state index is 0.411. The topological polar surface area (TPSA) is 0 Å². The Bertz CT molecular complexity index is 345. The van der Waals surface area contributed by atoms with E-state index in [1.165, 1.54) is 24.0 Å². The van der Waals surface area contributed by atoms with Crippen LogP contribution in [0.4, 0.5) is 0 Å². The Balaban J connectivity index is 2.64. The minimum absolute atomic E-state index is 0.411. The molecule has 0 bridgehead atoms. The molecule has 0 heterocycles. The Morgan fingerprint density at radius 1 is 1.15 bits per heavy atom. The van der Waals surface area contributed by atoms with Gasteiger partial charge in [0.15, 0.2) is 0 Å². The van der Waals surface area contributed by atoms with E-state index < -0.39 is 0 Å². The molecule has 1 aromatic rings. The highest BCUT2D eigenvalue weighted by Gasteiger charge is 2.30. The third-order valence-corrected chi connectivity index (χ3v) is 3.60. The minimum Gasteiger partial charge on any atom is -0.0587 e. The van der Waals surface area contributed by atoms with Crippen LogP contribution < -0.4 is 0 Å². The second-order valence-corrected chi connectivity index (χ2v) is 4.92. The maximum absolute atomic E-state index is 2.35. The summed E-state index contributed by atoms with van der Waals surface area (Å²) >= 11 is 0. The highest BCUT2D eigenvalue weighted by Crippen LogP contribution is 2.40. The summed E-state index contributed by atoms with van der Waals surface area (Å²) in [6.45, 7) is 9.18. The van der Waals surface area contributed by atoms with E-state index in [1.54, 1.807) is 11.1 Å². The van der Waals surface area contributed by atoms with Gasteiger partial charge in [0.25, 0.3) is 0 Å². The molecular weight excluding hydrogens is 156 g/mol. The van der Waals surface area contributed by atoms with Crippen molar-refractivity contribution in [2.75, 3.05) is 0 Å². The highest BCUT2D eigenvalue weighted by atomic mass is 14.3. The second-order valence-electron chi connectivity index (χ2n) is 4.92. The van der Waals surface area contributed by atoms with Gasteiger partial charge in [-0.25, -0.2) is 0 Å². The van der Waals surface area contributed by atoms with Crippen molar-refractivity contribution >= 4 is 0 Å². The number of rotatable bonds is 0. The monoisotopic (exact) mass is 174 g/mol. The average Bonchev–Trinajstić information content (AvgIpc) is 2.35. The van der Waals surface area contributed by atoms with Crippen LogP contribution in [0.5, 0.6) is 0 Å². The molecule has 0 unspecified atom stereocenters. The third-order valence-electron chi connectivity index (χ3n) is 3.60. The van der Waals surface area contributed by atoms with Crippen molar-refractivity contribution in [2.45, 2.75) is 46.0 Å². The Kier molecular flexibility index (Phi) is 1.76. The quantitative estimate of drug-likeness (QED) is 0.564. The van der Waals surface area contributed by atoms with Crippen molar-refractivity contribution in [2.24, 2.45) is 0 Å². The maximum atomic E-state index is 2.35. The van der Waals surface area contributed by atoms with Gasteiger partial charge in [0.1, 0.15) is 0 Å². The van der Waals surface area contributed by atoms with Crippen LogP contribution in [0.2, 0.25) is 0 Å². The van der Waals surface area contributed by atoms with Crippen LogP contribution in [0.15, 0.2) is 12.1 Å². The Morgan fingerprint density at radius 2 is 1.85 bits per heavy atom. The molecular formula is C13H18. The fourth-order valence-electron chi connectivity index (χ4n) is 2.40. The van der Waals surface area contributed by atoms with Gasteiger partial charge in [-0.05, 0) is 54.4 Å². The molecule has 0 aromatic heterocycles. The first kappa shape index (κ1) is 8.80. The molecule has 70 valence electrons. The molecule has 0 amide bonds. The molecule has 0 saturated heterocycles. The maximum Gasteiger partial charge on any atom is -0.00976 e. The Morgan fingerprint density at radius 3 is 2.54 bits per heavy atom. The highest BCUT2D eigenvalue weighted by molar-refractivity contribution is 5.46. The van der Waals surface area contributed by atoms with E-state index in [4.69, 9.17) is 0 Å². The predicted octanol–water partition coefficient (Wildman–Crippen LogP) is 3.53. The van der Waals surface area contributed by atoms with Crippen LogP contribution in [0.1, 0.15) is 42.5 Å². The van der Waals surface area contributed by atoms with Crippen LogP contribution in [-0.4, -0.2) is 0 Å². The van der Waals surface area contributed by atoms with E-state index in [0.29, 0.717) is 5.41 Å². The fraction of sp³-hybridized carbons (Fsp3) is 0.538. The normalized spacial score (nSPS) is 18.8. The standard InChI is InChI=1S/C13H18/c1-9-5-6-12-11(10(9)2)7-8-13(12,3)4/h5-6H,7-8H2,1-4H3. The molecule has 13 heavy (non-hydrogen) atoms. The van der Waals surface area contributed by atoms with Gasteiger partial charge >= 0.3 is 0 Å². The summed E-state index contributed by atoms with van der Waals surface area (Å²) < 4.78 is 0. The average molecular weight is 174 g/mol. The van der Waals surface area contributed by atoms with Gasteiger partial charge in [-0.2, -0.15) is 0 Å². The van der Waals surface area contributed by atoms with Crippen molar-refractivity contribution in [3.05, 3.63) is 34.4 Å². The Hall–Kier alpha value is -0.780. The fourth-order valence-corrected chi connectivity index (χ4v) is 2.40. The molecule has 0 radical (unpaired) electrons. The van der Waals surface area contributed by atoms with Gasteiger partial charge in [0, 0.05) is 0 Å². The van der Waals surface area contributed by atoms with Crippen molar-refractivity contribution in [1.29, 1.82) is 0 Å².